The molecule has 3 rings (SSSR count). The topological polar surface area (TPSA) is 67.9 Å². The van der Waals surface area contributed by atoms with Gasteiger partial charge in [0.05, 0.1) is 7.11 Å². The summed E-state index contributed by atoms with van der Waals surface area (Å²) >= 11 is 0. The van der Waals surface area contributed by atoms with Gasteiger partial charge in [-0.3, -0.25) is 9.59 Å². The first-order chi connectivity index (χ1) is 13.5. The van der Waals surface area contributed by atoms with Gasteiger partial charge in [-0.1, -0.05) is 6.07 Å². The van der Waals surface area contributed by atoms with Crippen LogP contribution in [0.15, 0.2) is 42.5 Å². The van der Waals surface area contributed by atoms with E-state index in [4.69, 9.17) is 4.74 Å². The Morgan fingerprint density at radius 1 is 1.18 bits per heavy atom. The van der Waals surface area contributed by atoms with Gasteiger partial charge in [-0.05, 0) is 48.4 Å². The first-order valence-corrected chi connectivity index (χ1v) is 8.78. The van der Waals surface area contributed by atoms with Crippen molar-refractivity contribution in [2.75, 3.05) is 18.6 Å². The average Bonchev–Trinajstić information content (AvgIpc) is 3.12. The Morgan fingerprint density at radius 2 is 1.93 bits per heavy atom. The van der Waals surface area contributed by atoms with Crippen LogP contribution in [-0.2, 0) is 11.3 Å². The molecule has 1 aliphatic heterocycles. The highest BCUT2D eigenvalue weighted by Crippen LogP contribution is 2.29. The van der Waals surface area contributed by atoms with Crippen LogP contribution in [0.2, 0.25) is 0 Å². The van der Waals surface area contributed by atoms with Gasteiger partial charge in [0.2, 0.25) is 5.91 Å². The summed E-state index contributed by atoms with van der Waals surface area (Å²) < 4.78 is 34.2. The number of amides is 2. The minimum absolute atomic E-state index is 0.0698. The third-order valence-electron chi connectivity index (χ3n) is 4.41. The minimum Gasteiger partial charge on any atom is -0.493 e. The molecule has 0 radical (unpaired) electrons. The normalized spacial score (nSPS) is 13.7. The second-order valence-electron chi connectivity index (χ2n) is 6.24. The fourth-order valence-corrected chi connectivity index (χ4v) is 3.01. The lowest BCUT2D eigenvalue weighted by Gasteiger charge is -2.16. The van der Waals surface area contributed by atoms with Gasteiger partial charge in [-0.25, -0.2) is 0 Å². The Bertz CT molecular complexity index is 856. The fraction of sp³-hybridized carbons (Fsp3) is 0.300. The Morgan fingerprint density at radius 3 is 2.54 bits per heavy atom. The van der Waals surface area contributed by atoms with Gasteiger partial charge in [0.1, 0.15) is 0 Å². The SMILES string of the molecule is COc1cc(CNC(=O)c2ccc(N3CCCC3=O)cc2)ccc1OC(F)F. The van der Waals surface area contributed by atoms with Gasteiger partial charge in [-0.2, -0.15) is 8.78 Å². The average molecular weight is 390 g/mol. The number of anilines is 1. The van der Waals surface area contributed by atoms with Crippen LogP contribution in [0, 0.1) is 0 Å². The Labute approximate surface area is 161 Å². The molecular weight excluding hydrogens is 370 g/mol. The van der Waals surface area contributed by atoms with Crippen LogP contribution in [-0.4, -0.2) is 32.1 Å². The van der Waals surface area contributed by atoms with Crippen LogP contribution in [0.1, 0.15) is 28.8 Å². The first kappa shape index (κ1) is 19.6. The van der Waals surface area contributed by atoms with E-state index in [1.54, 1.807) is 35.2 Å². The van der Waals surface area contributed by atoms with Crippen molar-refractivity contribution in [2.45, 2.75) is 26.0 Å². The number of nitrogens with zero attached hydrogens (tertiary/aromatic N) is 1. The Balaban J connectivity index is 1.61. The zero-order chi connectivity index (χ0) is 20.1. The summed E-state index contributed by atoms with van der Waals surface area (Å²) in [7, 11) is 1.35. The van der Waals surface area contributed by atoms with Crippen molar-refractivity contribution in [1.29, 1.82) is 0 Å². The maximum atomic E-state index is 12.4. The summed E-state index contributed by atoms with van der Waals surface area (Å²) in [5.74, 6) is -0.108. The predicted octanol–water partition coefficient (Wildman–Crippen LogP) is 3.35. The van der Waals surface area contributed by atoms with Crippen LogP contribution in [0.5, 0.6) is 11.5 Å². The quantitative estimate of drug-likeness (QED) is 0.787. The molecule has 1 aliphatic rings. The molecule has 0 aromatic heterocycles. The lowest BCUT2D eigenvalue weighted by molar-refractivity contribution is -0.117. The molecule has 0 spiro atoms. The maximum Gasteiger partial charge on any atom is 0.387 e. The summed E-state index contributed by atoms with van der Waals surface area (Å²) in [6, 6.07) is 11.3. The number of rotatable bonds is 7. The fourth-order valence-electron chi connectivity index (χ4n) is 3.01. The molecule has 1 saturated heterocycles. The first-order valence-electron chi connectivity index (χ1n) is 8.78. The zero-order valence-corrected chi connectivity index (χ0v) is 15.3. The molecule has 0 aliphatic carbocycles. The lowest BCUT2D eigenvalue weighted by atomic mass is 10.1. The molecular formula is C20H20F2N2O4. The molecule has 2 aromatic carbocycles. The van der Waals surface area contributed by atoms with E-state index in [0.717, 1.165) is 12.1 Å². The molecule has 8 heteroatoms. The van der Waals surface area contributed by atoms with Gasteiger partial charge in [-0.15, -0.1) is 0 Å². The van der Waals surface area contributed by atoms with Gasteiger partial charge in [0, 0.05) is 30.8 Å². The second kappa shape index (κ2) is 8.69. The molecule has 2 amide bonds. The van der Waals surface area contributed by atoms with E-state index < -0.39 is 6.61 Å². The summed E-state index contributed by atoms with van der Waals surface area (Å²) in [6.07, 6.45) is 1.39. The summed E-state index contributed by atoms with van der Waals surface area (Å²) in [5.41, 5.74) is 1.91. The lowest BCUT2D eigenvalue weighted by Crippen LogP contribution is -2.25. The Kier molecular flexibility index (Phi) is 6.08. The number of halogens is 2. The smallest absolute Gasteiger partial charge is 0.387 e. The van der Waals surface area contributed by atoms with Crippen LogP contribution >= 0.6 is 0 Å². The summed E-state index contributed by atoms with van der Waals surface area (Å²) in [4.78, 5) is 25.8. The molecule has 0 saturated carbocycles. The van der Waals surface area contributed by atoms with Gasteiger partial charge >= 0.3 is 6.61 Å². The number of benzene rings is 2. The number of methoxy groups -OCH3 is 1. The maximum absolute atomic E-state index is 12.4. The van der Waals surface area contributed by atoms with Crippen molar-refractivity contribution in [2.24, 2.45) is 0 Å². The van der Waals surface area contributed by atoms with E-state index in [2.05, 4.69) is 10.1 Å². The third-order valence-corrected chi connectivity index (χ3v) is 4.41. The van der Waals surface area contributed by atoms with E-state index >= 15 is 0 Å². The molecule has 1 heterocycles. The van der Waals surface area contributed by atoms with Gasteiger partial charge in [0.25, 0.3) is 5.91 Å². The number of nitrogens with one attached hydrogen (secondary N) is 1. The summed E-state index contributed by atoms with van der Waals surface area (Å²) in [5, 5.41) is 2.76. The summed E-state index contributed by atoms with van der Waals surface area (Å²) in [6.45, 7) is -2.06. The Hall–Kier alpha value is -3.16. The molecule has 1 fully saturated rings. The van der Waals surface area contributed by atoms with Crippen LogP contribution in [0.4, 0.5) is 14.5 Å². The monoisotopic (exact) mass is 390 g/mol. The largest absolute Gasteiger partial charge is 0.493 e. The molecule has 2 aromatic rings. The van der Waals surface area contributed by atoms with E-state index in [9.17, 15) is 18.4 Å². The predicted molar refractivity (Wildman–Crippen MR) is 98.8 cm³/mol. The van der Waals surface area contributed by atoms with Crippen molar-refractivity contribution in [1.82, 2.24) is 5.32 Å². The molecule has 6 nitrogen and oxygen atoms in total. The van der Waals surface area contributed by atoms with Gasteiger partial charge < -0.3 is 19.7 Å². The number of hydrogen-bond acceptors (Lipinski definition) is 4. The van der Waals surface area contributed by atoms with Crippen LogP contribution in [0.25, 0.3) is 0 Å². The highest BCUT2D eigenvalue weighted by molar-refractivity contribution is 5.97. The van der Waals surface area contributed by atoms with Crippen molar-refractivity contribution in [3.63, 3.8) is 0 Å². The third kappa shape index (κ3) is 4.57. The molecule has 28 heavy (non-hydrogen) atoms. The molecule has 0 bridgehead atoms. The highest BCUT2D eigenvalue weighted by Gasteiger charge is 2.21. The number of hydrogen-bond donors (Lipinski definition) is 1. The van der Waals surface area contributed by atoms with Gasteiger partial charge in [0.15, 0.2) is 11.5 Å². The molecule has 148 valence electrons. The number of alkyl halides is 2. The van der Waals surface area contributed by atoms with Crippen molar-refractivity contribution < 1.29 is 27.8 Å². The second-order valence-corrected chi connectivity index (χ2v) is 6.24. The highest BCUT2D eigenvalue weighted by atomic mass is 19.3. The standard InChI is InChI=1S/C20H20F2N2O4/c1-27-17-11-13(4-9-16(17)28-20(21)22)12-23-19(26)14-5-7-15(8-6-14)24-10-2-3-18(24)25/h4-9,11,20H,2-3,10,12H2,1H3,(H,23,26). The molecule has 0 atom stereocenters. The molecule has 1 N–H and O–H groups in total. The van der Waals surface area contributed by atoms with E-state index in [0.29, 0.717) is 24.1 Å². The van der Waals surface area contributed by atoms with E-state index in [1.165, 1.54) is 19.2 Å². The molecule has 0 unspecified atom stereocenters. The van der Waals surface area contributed by atoms with E-state index in [-0.39, 0.29) is 29.9 Å². The van der Waals surface area contributed by atoms with Crippen molar-refractivity contribution in [3.05, 3.63) is 53.6 Å². The van der Waals surface area contributed by atoms with Crippen molar-refractivity contribution in [3.8, 4) is 11.5 Å². The number of carbonyl (C=O) groups excluding carboxylic acids is 2. The van der Waals surface area contributed by atoms with Crippen LogP contribution < -0.4 is 19.7 Å². The number of carbonyl (C=O) groups is 2. The van der Waals surface area contributed by atoms with Crippen molar-refractivity contribution >= 4 is 17.5 Å². The minimum atomic E-state index is -2.95. The van der Waals surface area contributed by atoms with Crippen LogP contribution in [0.3, 0.4) is 0 Å². The van der Waals surface area contributed by atoms with E-state index in [1.807, 2.05) is 0 Å². The zero-order valence-electron chi connectivity index (χ0n) is 15.3. The number of ether oxygens (including phenoxy) is 2.